The van der Waals surface area contributed by atoms with Crippen LogP contribution in [0, 0.1) is 11.3 Å². The number of Topliss-reactive ketones (excluding diaryl/α,β-unsaturated/α-hetero) is 1. The van der Waals surface area contributed by atoms with Gasteiger partial charge in [0, 0.05) is 11.9 Å². The molecular weight excluding hydrogens is 276 g/mol. The van der Waals surface area contributed by atoms with Crippen LogP contribution in [-0.2, 0) is 4.79 Å². The molecule has 1 heterocycles. The molecule has 0 atom stereocenters. The molecule has 0 aliphatic rings. The molecule has 0 spiro atoms. The first-order valence-corrected chi connectivity index (χ1v) is 5.60. The van der Waals surface area contributed by atoms with Crippen LogP contribution in [0.25, 0.3) is 5.57 Å². The first kappa shape index (κ1) is 13.9. The van der Waals surface area contributed by atoms with E-state index >= 15 is 0 Å². The smallest absolute Gasteiger partial charge is 0.377 e. The summed E-state index contributed by atoms with van der Waals surface area (Å²) in [5.74, 6) is -2.54. The van der Waals surface area contributed by atoms with Gasteiger partial charge >= 0.3 is 5.97 Å². The lowest BCUT2D eigenvalue weighted by atomic mass is 10.1. The summed E-state index contributed by atoms with van der Waals surface area (Å²) >= 11 is 0. The standard InChI is InChI=1S/C12H8N6O3/c13-5-7(11-15-17-18-16-11)6-14-9-4-2-1-3-8(9)10(19)12(20)21/h1-4,6,14H,(H,20,21)(H,15,16,17,18). The van der Waals surface area contributed by atoms with Crippen molar-refractivity contribution in [2.75, 3.05) is 5.32 Å². The van der Waals surface area contributed by atoms with Gasteiger partial charge in [-0.25, -0.2) is 4.79 Å². The number of carbonyl (C=O) groups is 2. The monoisotopic (exact) mass is 284 g/mol. The van der Waals surface area contributed by atoms with E-state index in [1.807, 2.05) is 6.07 Å². The highest BCUT2D eigenvalue weighted by Gasteiger charge is 2.17. The summed E-state index contributed by atoms with van der Waals surface area (Å²) in [7, 11) is 0. The number of ketones is 1. The van der Waals surface area contributed by atoms with Crippen molar-refractivity contribution >= 4 is 23.0 Å². The van der Waals surface area contributed by atoms with Crippen molar-refractivity contribution in [3.05, 3.63) is 41.9 Å². The highest BCUT2D eigenvalue weighted by molar-refractivity contribution is 6.41. The van der Waals surface area contributed by atoms with E-state index in [1.54, 1.807) is 6.07 Å². The summed E-state index contributed by atoms with van der Waals surface area (Å²) in [5, 5.41) is 33.3. The second kappa shape index (κ2) is 6.07. The number of carboxylic acids is 1. The van der Waals surface area contributed by atoms with Crippen LogP contribution in [-0.4, -0.2) is 37.5 Å². The van der Waals surface area contributed by atoms with Crippen molar-refractivity contribution in [1.29, 1.82) is 5.26 Å². The van der Waals surface area contributed by atoms with Gasteiger partial charge in [0.25, 0.3) is 5.78 Å². The molecular formula is C12H8N6O3. The Kier molecular flexibility index (Phi) is 4.01. The maximum absolute atomic E-state index is 11.5. The quantitative estimate of drug-likeness (QED) is 0.407. The number of hydrogen-bond donors (Lipinski definition) is 3. The third-order valence-electron chi connectivity index (χ3n) is 2.44. The number of nitrogens with zero attached hydrogens (tertiary/aromatic N) is 4. The molecule has 0 unspecified atom stereocenters. The lowest BCUT2D eigenvalue weighted by Crippen LogP contribution is -2.14. The van der Waals surface area contributed by atoms with Crippen molar-refractivity contribution in [2.45, 2.75) is 0 Å². The van der Waals surface area contributed by atoms with E-state index in [-0.39, 0.29) is 22.6 Å². The zero-order valence-electron chi connectivity index (χ0n) is 10.4. The number of anilines is 1. The fraction of sp³-hybridized carbons (Fsp3) is 0. The highest BCUT2D eigenvalue weighted by Crippen LogP contribution is 2.17. The van der Waals surface area contributed by atoms with Crippen LogP contribution >= 0.6 is 0 Å². The van der Waals surface area contributed by atoms with E-state index in [0.717, 1.165) is 0 Å². The van der Waals surface area contributed by atoms with E-state index in [0.29, 0.717) is 0 Å². The van der Waals surface area contributed by atoms with Gasteiger partial charge in [0.05, 0.1) is 5.56 Å². The number of benzene rings is 1. The first-order chi connectivity index (χ1) is 10.1. The van der Waals surface area contributed by atoms with E-state index in [2.05, 4.69) is 25.9 Å². The van der Waals surface area contributed by atoms with Crippen molar-refractivity contribution in [1.82, 2.24) is 20.6 Å². The lowest BCUT2D eigenvalue weighted by Gasteiger charge is -2.06. The van der Waals surface area contributed by atoms with Crippen LogP contribution in [0.15, 0.2) is 30.5 Å². The number of carboxylic acid groups (broad SMARTS) is 1. The molecule has 0 bridgehead atoms. The van der Waals surface area contributed by atoms with Gasteiger partial charge in [-0.05, 0) is 17.3 Å². The number of rotatable bonds is 5. The summed E-state index contributed by atoms with van der Waals surface area (Å²) < 4.78 is 0. The largest absolute Gasteiger partial charge is 0.475 e. The second-order valence-electron chi connectivity index (χ2n) is 3.73. The molecule has 0 aliphatic carbocycles. The van der Waals surface area contributed by atoms with E-state index in [9.17, 15) is 9.59 Å². The third kappa shape index (κ3) is 3.07. The van der Waals surface area contributed by atoms with Gasteiger partial charge in [-0.1, -0.05) is 12.1 Å². The number of aromatic nitrogens is 4. The molecule has 104 valence electrons. The Morgan fingerprint density at radius 1 is 1.38 bits per heavy atom. The summed E-state index contributed by atoms with van der Waals surface area (Å²) in [6.45, 7) is 0. The van der Waals surface area contributed by atoms with E-state index < -0.39 is 11.8 Å². The molecule has 3 N–H and O–H groups in total. The maximum atomic E-state index is 11.5. The molecule has 0 radical (unpaired) electrons. The fourth-order valence-corrected chi connectivity index (χ4v) is 1.49. The average molecular weight is 284 g/mol. The zero-order valence-corrected chi connectivity index (χ0v) is 10.4. The molecule has 2 rings (SSSR count). The van der Waals surface area contributed by atoms with Crippen molar-refractivity contribution < 1.29 is 14.7 Å². The molecule has 0 saturated carbocycles. The molecule has 0 amide bonds. The van der Waals surface area contributed by atoms with Crippen LogP contribution < -0.4 is 5.32 Å². The van der Waals surface area contributed by atoms with Crippen molar-refractivity contribution in [3.63, 3.8) is 0 Å². The predicted octanol–water partition coefficient (Wildman–Crippen LogP) is 0.444. The normalized spacial score (nSPS) is 10.7. The van der Waals surface area contributed by atoms with Gasteiger partial charge in [0.1, 0.15) is 11.6 Å². The summed E-state index contributed by atoms with van der Waals surface area (Å²) in [6, 6.07) is 7.90. The molecule has 9 nitrogen and oxygen atoms in total. The predicted molar refractivity (Wildman–Crippen MR) is 69.8 cm³/mol. The Labute approximate surface area is 117 Å². The van der Waals surface area contributed by atoms with Crippen LogP contribution in [0.4, 0.5) is 5.69 Å². The summed E-state index contributed by atoms with van der Waals surface area (Å²) in [5.41, 5.74) is 0.300. The number of hydrogen-bond acceptors (Lipinski definition) is 7. The number of nitrogens with one attached hydrogen (secondary N) is 2. The number of tetrazole rings is 1. The molecule has 0 fully saturated rings. The minimum Gasteiger partial charge on any atom is -0.475 e. The zero-order chi connectivity index (χ0) is 15.2. The Bertz CT molecular complexity index is 745. The van der Waals surface area contributed by atoms with Gasteiger partial charge in [-0.3, -0.25) is 4.79 Å². The minimum atomic E-state index is -1.56. The molecule has 0 saturated heterocycles. The van der Waals surface area contributed by atoms with Crippen molar-refractivity contribution in [3.8, 4) is 6.07 Å². The van der Waals surface area contributed by atoms with Crippen LogP contribution in [0.2, 0.25) is 0 Å². The Morgan fingerprint density at radius 2 is 2.14 bits per heavy atom. The first-order valence-electron chi connectivity index (χ1n) is 5.60. The lowest BCUT2D eigenvalue weighted by molar-refractivity contribution is -0.131. The van der Waals surface area contributed by atoms with Crippen molar-refractivity contribution in [2.24, 2.45) is 0 Å². The van der Waals surface area contributed by atoms with Gasteiger partial charge in [0.15, 0.2) is 0 Å². The number of H-pyrrole nitrogens is 1. The van der Waals surface area contributed by atoms with Crippen LogP contribution in [0.3, 0.4) is 0 Å². The molecule has 9 heteroatoms. The Hall–Kier alpha value is -3.54. The number of aliphatic carboxylic acids is 1. The second-order valence-corrected chi connectivity index (χ2v) is 3.73. The van der Waals surface area contributed by atoms with Gasteiger partial charge in [0.2, 0.25) is 5.82 Å². The third-order valence-corrected chi connectivity index (χ3v) is 2.44. The van der Waals surface area contributed by atoms with Gasteiger partial charge in [-0.15, -0.1) is 10.2 Å². The number of carbonyl (C=O) groups excluding carboxylic acids is 1. The highest BCUT2D eigenvalue weighted by atomic mass is 16.4. The van der Waals surface area contributed by atoms with E-state index in [4.69, 9.17) is 10.4 Å². The topological polar surface area (TPSA) is 145 Å². The minimum absolute atomic E-state index is 0.0216. The fourth-order valence-electron chi connectivity index (χ4n) is 1.49. The van der Waals surface area contributed by atoms with E-state index in [1.165, 1.54) is 24.4 Å². The molecule has 2 aromatic rings. The SMILES string of the molecule is N#CC(=CNc1ccccc1C(=O)C(=O)O)c1nn[nH]n1. The Morgan fingerprint density at radius 3 is 2.76 bits per heavy atom. The Balaban J connectivity index is 2.30. The van der Waals surface area contributed by atoms with Crippen LogP contribution in [0.1, 0.15) is 16.2 Å². The molecule has 0 aliphatic heterocycles. The maximum Gasteiger partial charge on any atom is 0.377 e. The number of nitriles is 1. The number of aromatic amines is 1. The molecule has 21 heavy (non-hydrogen) atoms. The van der Waals surface area contributed by atoms with Crippen LogP contribution in [0.5, 0.6) is 0 Å². The summed E-state index contributed by atoms with van der Waals surface area (Å²) in [6.07, 6.45) is 1.26. The number of para-hydroxylation sites is 1. The van der Waals surface area contributed by atoms with Gasteiger partial charge < -0.3 is 10.4 Å². The molecule has 1 aromatic carbocycles. The summed E-state index contributed by atoms with van der Waals surface area (Å²) in [4.78, 5) is 22.3. The molecule has 1 aromatic heterocycles. The van der Waals surface area contributed by atoms with Gasteiger partial charge in [-0.2, -0.15) is 10.5 Å². The number of allylic oxidation sites excluding steroid dienone is 1. The average Bonchev–Trinajstić information content (AvgIpc) is 3.02.